The Labute approximate surface area is 146 Å². The molecule has 1 heterocycles. The third-order valence-electron chi connectivity index (χ3n) is 3.59. The Morgan fingerprint density at radius 1 is 1.24 bits per heavy atom. The van der Waals surface area contributed by atoms with Crippen molar-refractivity contribution < 1.29 is 17.6 Å². The predicted octanol–water partition coefficient (Wildman–Crippen LogP) is 1.21. The fraction of sp³-hybridized carbons (Fsp3) is 0.375. The van der Waals surface area contributed by atoms with Gasteiger partial charge in [0, 0.05) is 38.4 Å². The van der Waals surface area contributed by atoms with Gasteiger partial charge in [0.1, 0.15) is 11.6 Å². The van der Waals surface area contributed by atoms with E-state index in [2.05, 4.69) is 15.0 Å². The number of nitrogens with one attached hydrogen (secondary N) is 2. The number of aryl methyl sites for hydroxylation is 2. The van der Waals surface area contributed by atoms with Crippen LogP contribution in [0.5, 0.6) is 0 Å². The lowest BCUT2D eigenvalue weighted by atomic mass is 10.3. The number of carbonyl (C=O) groups is 1. The number of benzene rings is 1. The third kappa shape index (κ3) is 5.95. The lowest BCUT2D eigenvalue weighted by Crippen LogP contribution is -2.31. The van der Waals surface area contributed by atoms with Gasteiger partial charge in [-0.05, 0) is 37.6 Å². The average Bonchev–Trinajstić information content (AvgIpc) is 2.97. The van der Waals surface area contributed by atoms with Gasteiger partial charge in [0.05, 0.1) is 4.90 Å². The molecule has 0 spiro atoms. The zero-order chi connectivity index (χ0) is 18.3. The minimum Gasteiger partial charge on any atom is -0.356 e. The summed E-state index contributed by atoms with van der Waals surface area (Å²) < 4.78 is 41.1. The maximum Gasteiger partial charge on any atom is 0.240 e. The van der Waals surface area contributed by atoms with Crippen LogP contribution in [-0.4, -0.2) is 37.0 Å². The number of halogens is 1. The molecular formula is C16H21FN4O3S. The molecule has 0 unspecified atom stereocenters. The molecule has 9 heteroatoms. The summed E-state index contributed by atoms with van der Waals surface area (Å²) in [6.07, 6.45) is 4.39. The Kier molecular flexibility index (Phi) is 6.65. The van der Waals surface area contributed by atoms with Crippen LogP contribution in [0.3, 0.4) is 0 Å². The first-order chi connectivity index (χ1) is 11.9. The predicted molar refractivity (Wildman–Crippen MR) is 90.8 cm³/mol. The van der Waals surface area contributed by atoms with Gasteiger partial charge in [0.15, 0.2) is 0 Å². The largest absolute Gasteiger partial charge is 0.356 e. The van der Waals surface area contributed by atoms with Crippen molar-refractivity contribution >= 4 is 15.9 Å². The first-order valence-electron chi connectivity index (χ1n) is 7.88. The van der Waals surface area contributed by atoms with Gasteiger partial charge in [-0.2, -0.15) is 0 Å². The molecule has 1 amide bonds. The topological polar surface area (TPSA) is 93.1 Å². The highest BCUT2D eigenvalue weighted by atomic mass is 32.2. The van der Waals surface area contributed by atoms with Crippen LogP contribution in [0, 0.1) is 12.7 Å². The Morgan fingerprint density at radius 2 is 1.96 bits per heavy atom. The number of hydrogen-bond donors (Lipinski definition) is 2. The maximum absolute atomic E-state index is 12.8. The zero-order valence-electron chi connectivity index (χ0n) is 13.9. The molecule has 7 nitrogen and oxygen atoms in total. The first-order valence-corrected chi connectivity index (χ1v) is 9.36. The minimum atomic E-state index is -3.74. The van der Waals surface area contributed by atoms with Crippen LogP contribution in [-0.2, 0) is 21.4 Å². The van der Waals surface area contributed by atoms with Crippen molar-refractivity contribution in [1.29, 1.82) is 0 Å². The molecule has 0 bridgehead atoms. The van der Waals surface area contributed by atoms with Crippen molar-refractivity contribution in [2.45, 2.75) is 31.2 Å². The monoisotopic (exact) mass is 368 g/mol. The van der Waals surface area contributed by atoms with Crippen molar-refractivity contribution in [2.24, 2.45) is 0 Å². The van der Waals surface area contributed by atoms with E-state index in [-0.39, 0.29) is 23.8 Å². The standard InChI is InChI=1S/C16H21FN4O3S/c1-13-18-10-12-21(13)11-2-8-19-16(22)7-9-20-25(23,24)15-5-3-14(17)4-6-15/h3-6,10,12,20H,2,7-9,11H2,1H3,(H,19,22). The van der Waals surface area contributed by atoms with Crippen molar-refractivity contribution in [3.05, 3.63) is 48.3 Å². The summed E-state index contributed by atoms with van der Waals surface area (Å²) in [5.74, 6) is 0.176. The van der Waals surface area contributed by atoms with Crippen LogP contribution >= 0.6 is 0 Å². The highest BCUT2D eigenvalue weighted by molar-refractivity contribution is 7.89. The highest BCUT2D eigenvalue weighted by Gasteiger charge is 2.14. The van der Waals surface area contributed by atoms with Gasteiger partial charge in [-0.1, -0.05) is 0 Å². The second-order valence-corrected chi connectivity index (χ2v) is 7.24. The molecule has 0 aliphatic heterocycles. The molecule has 1 aromatic carbocycles. The number of hydrogen-bond acceptors (Lipinski definition) is 4. The van der Waals surface area contributed by atoms with E-state index in [4.69, 9.17) is 0 Å². The Morgan fingerprint density at radius 3 is 2.60 bits per heavy atom. The summed E-state index contributed by atoms with van der Waals surface area (Å²) in [7, 11) is -3.74. The van der Waals surface area contributed by atoms with Gasteiger partial charge in [0.2, 0.25) is 15.9 Å². The van der Waals surface area contributed by atoms with Gasteiger partial charge in [-0.25, -0.2) is 22.5 Å². The van der Waals surface area contributed by atoms with Crippen LogP contribution in [0.4, 0.5) is 4.39 Å². The number of aromatic nitrogens is 2. The highest BCUT2D eigenvalue weighted by Crippen LogP contribution is 2.09. The van der Waals surface area contributed by atoms with E-state index in [1.165, 1.54) is 12.1 Å². The number of carbonyl (C=O) groups excluding carboxylic acids is 1. The zero-order valence-corrected chi connectivity index (χ0v) is 14.7. The first kappa shape index (κ1) is 19.1. The van der Waals surface area contributed by atoms with Crippen molar-refractivity contribution in [1.82, 2.24) is 19.6 Å². The number of nitrogens with zero attached hydrogens (tertiary/aromatic N) is 2. The number of amides is 1. The fourth-order valence-corrected chi connectivity index (χ4v) is 3.23. The average molecular weight is 368 g/mol. The fourth-order valence-electron chi connectivity index (χ4n) is 2.20. The summed E-state index contributed by atoms with van der Waals surface area (Å²) >= 11 is 0. The number of imidazole rings is 1. The molecule has 0 saturated heterocycles. The van der Waals surface area contributed by atoms with Crippen LogP contribution < -0.4 is 10.0 Å². The van der Waals surface area contributed by atoms with E-state index in [0.717, 1.165) is 30.9 Å². The molecule has 0 radical (unpaired) electrons. The van der Waals surface area contributed by atoms with Crippen LogP contribution in [0.15, 0.2) is 41.6 Å². The van der Waals surface area contributed by atoms with Gasteiger partial charge >= 0.3 is 0 Å². The molecule has 2 N–H and O–H groups in total. The molecular weight excluding hydrogens is 347 g/mol. The Balaban J connectivity index is 1.66. The summed E-state index contributed by atoms with van der Waals surface area (Å²) in [6, 6.07) is 4.50. The molecule has 0 aliphatic rings. The van der Waals surface area contributed by atoms with Gasteiger partial charge < -0.3 is 9.88 Å². The van der Waals surface area contributed by atoms with E-state index in [9.17, 15) is 17.6 Å². The lowest BCUT2D eigenvalue weighted by molar-refractivity contribution is -0.120. The van der Waals surface area contributed by atoms with Crippen molar-refractivity contribution in [3.63, 3.8) is 0 Å². The third-order valence-corrected chi connectivity index (χ3v) is 5.07. The molecule has 0 atom stereocenters. The number of rotatable bonds is 9. The van der Waals surface area contributed by atoms with Crippen LogP contribution in [0.1, 0.15) is 18.7 Å². The summed E-state index contributed by atoms with van der Waals surface area (Å²) in [5.41, 5.74) is 0. The summed E-state index contributed by atoms with van der Waals surface area (Å²) in [6.45, 7) is 3.14. The van der Waals surface area contributed by atoms with Crippen molar-refractivity contribution in [3.8, 4) is 0 Å². The molecule has 1 aromatic heterocycles. The molecule has 25 heavy (non-hydrogen) atoms. The molecule has 0 saturated carbocycles. The molecule has 136 valence electrons. The van der Waals surface area contributed by atoms with Crippen LogP contribution in [0.2, 0.25) is 0 Å². The second kappa shape index (κ2) is 8.72. The molecule has 0 fully saturated rings. The van der Waals surface area contributed by atoms with E-state index < -0.39 is 15.8 Å². The van der Waals surface area contributed by atoms with Gasteiger partial charge in [-0.15, -0.1) is 0 Å². The van der Waals surface area contributed by atoms with E-state index in [0.29, 0.717) is 6.54 Å². The summed E-state index contributed by atoms with van der Waals surface area (Å²) in [5, 5.41) is 2.74. The lowest BCUT2D eigenvalue weighted by Gasteiger charge is -2.08. The van der Waals surface area contributed by atoms with E-state index in [1.54, 1.807) is 6.20 Å². The van der Waals surface area contributed by atoms with Crippen LogP contribution in [0.25, 0.3) is 0 Å². The SMILES string of the molecule is Cc1nccn1CCCNC(=O)CCNS(=O)(=O)c1ccc(F)cc1. The summed E-state index contributed by atoms with van der Waals surface area (Å²) in [4.78, 5) is 15.8. The Bertz CT molecular complexity index is 803. The smallest absolute Gasteiger partial charge is 0.240 e. The molecule has 2 rings (SSSR count). The van der Waals surface area contributed by atoms with Crippen molar-refractivity contribution in [2.75, 3.05) is 13.1 Å². The second-order valence-electron chi connectivity index (χ2n) is 5.47. The molecule has 0 aliphatic carbocycles. The Hall–Kier alpha value is -2.26. The quantitative estimate of drug-likeness (QED) is 0.651. The van der Waals surface area contributed by atoms with E-state index in [1.807, 2.05) is 17.7 Å². The van der Waals surface area contributed by atoms with Gasteiger partial charge in [0.25, 0.3) is 0 Å². The minimum absolute atomic E-state index is 0.0217. The maximum atomic E-state index is 12.8. The molecule has 2 aromatic rings. The van der Waals surface area contributed by atoms with E-state index >= 15 is 0 Å². The normalized spacial score (nSPS) is 11.4. The number of sulfonamides is 1. The van der Waals surface area contributed by atoms with Gasteiger partial charge in [-0.3, -0.25) is 4.79 Å².